The van der Waals surface area contributed by atoms with E-state index < -0.39 is 5.97 Å². The molecule has 0 saturated carbocycles. The maximum absolute atomic E-state index is 11.8. The number of aryl methyl sites for hydroxylation is 1. The summed E-state index contributed by atoms with van der Waals surface area (Å²) in [4.78, 5) is 13.4. The zero-order valence-corrected chi connectivity index (χ0v) is 11.3. The number of rotatable bonds is 2. The van der Waals surface area contributed by atoms with Crippen molar-refractivity contribution in [2.24, 2.45) is 0 Å². The Kier molecular flexibility index (Phi) is 3.65. The summed E-state index contributed by atoms with van der Waals surface area (Å²) in [6.45, 7) is 4.92. The Balaban J connectivity index is 2.53. The van der Waals surface area contributed by atoms with E-state index in [4.69, 9.17) is 0 Å². The predicted octanol–water partition coefficient (Wildman–Crippen LogP) is 1.19. The van der Waals surface area contributed by atoms with Crippen LogP contribution in [0.1, 0.15) is 21.7 Å². The monoisotopic (exact) mass is 268 g/mol. The summed E-state index contributed by atoms with van der Waals surface area (Å²) < 4.78 is 0.686. The normalized spacial score (nSPS) is 15.8. The minimum absolute atomic E-state index is 0.127. The van der Waals surface area contributed by atoms with Crippen molar-refractivity contribution in [3.63, 3.8) is 0 Å². The standard InChI is InChI=1S/C12H16N2O3S/c1-8-7-10(13-3-5-18-6-4-13)11(12(15)16)9(2)14(8)17/h7H,3-6H2,1-2H3,(H,15,16). The number of carboxylic acid groups (broad SMARTS) is 1. The van der Waals surface area contributed by atoms with Crippen LogP contribution in [0.2, 0.25) is 0 Å². The van der Waals surface area contributed by atoms with E-state index in [1.165, 1.54) is 0 Å². The van der Waals surface area contributed by atoms with Gasteiger partial charge in [-0.15, -0.1) is 0 Å². The first-order valence-corrected chi connectivity index (χ1v) is 6.97. The first-order chi connectivity index (χ1) is 8.52. The zero-order chi connectivity index (χ0) is 13.3. The van der Waals surface area contributed by atoms with Gasteiger partial charge in [-0.2, -0.15) is 16.5 Å². The first kappa shape index (κ1) is 13.0. The predicted molar refractivity (Wildman–Crippen MR) is 71.4 cm³/mol. The fourth-order valence-electron chi connectivity index (χ4n) is 2.20. The maximum Gasteiger partial charge on any atom is 0.344 e. The second-order valence-electron chi connectivity index (χ2n) is 4.33. The number of pyridine rings is 1. The summed E-state index contributed by atoms with van der Waals surface area (Å²) in [6.07, 6.45) is 0. The van der Waals surface area contributed by atoms with Gasteiger partial charge in [-0.25, -0.2) is 4.79 Å². The lowest BCUT2D eigenvalue weighted by Crippen LogP contribution is -2.40. The smallest absolute Gasteiger partial charge is 0.344 e. The van der Waals surface area contributed by atoms with Crippen LogP contribution in [0.25, 0.3) is 0 Å². The summed E-state index contributed by atoms with van der Waals surface area (Å²) in [5.41, 5.74) is 1.59. The second-order valence-corrected chi connectivity index (χ2v) is 5.56. The van der Waals surface area contributed by atoms with E-state index in [-0.39, 0.29) is 11.3 Å². The number of hydrogen-bond donors (Lipinski definition) is 1. The summed E-state index contributed by atoms with van der Waals surface area (Å²) in [6, 6.07) is 1.68. The molecule has 0 spiro atoms. The summed E-state index contributed by atoms with van der Waals surface area (Å²) in [5, 5.41) is 21.1. The van der Waals surface area contributed by atoms with E-state index in [1.54, 1.807) is 19.9 Å². The van der Waals surface area contributed by atoms with Gasteiger partial charge < -0.3 is 15.2 Å². The molecule has 98 valence electrons. The third-order valence-corrected chi connectivity index (χ3v) is 4.10. The van der Waals surface area contributed by atoms with Crippen molar-refractivity contribution in [1.29, 1.82) is 0 Å². The minimum Gasteiger partial charge on any atom is -0.618 e. The van der Waals surface area contributed by atoms with E-state index in [1.807, 2.05) is 11.8 Å². The van der Waals surface area contributed by atoms with Crippen LogP contribution in [-0.2, 0) is 0 Å². The van der Waals surface area contributed by atoms with Gasteiger partial charge in [-0.1, -0.05) is 0 Å². The molecule has 18 heavy (non-hydrogen) atoms. The fourth-order valence-corrected chi connectivity index (χ4v) is 3.10. The lowest BCUT2D eigenvalue weighted by atomic mass is 10.1. The highest BCUT2D eigenvalue weighted by Gasteiger charge is 2.26. The van der Waals surface area contributed by atoms with Crippen molar-refractivity contribution >= 4 is 23.4 Å². The molecule has 1 aromatic heterocycles. The van der Waals surface area contributed by atoms with Crippen LogP contribution in [0.5, 0.6) is 0 Å². The van der Waals surface area contributed by atoms with Crippen molar-refractivity contribution in [2.75, 3.05) is 29.5 Å². The van der Waals surface area contributed by atoms with Gasteiger partial charge in [-0.3, -0.25) is 0 Å². The van der Waals surface area contributed by atoms with Gasteiger partial charge in [0.05, 0.1) is 5.69 Å². The van der Waals surface area contributed by atoms with Crippen LogP contribution in [0.15, 0.2) is 6.07 Å². The number of carbonyl (C=O) groups is 1. The van der Waals surface area contributed by atoms with E-state index in [2.05, 4.69) is 4.90 Å². The topological polar surface area (TPSA) is 67.5 Å². The van der Waals surface area contributed by atoms with Crippen molar-refractivity contribution < 1.29 is 14.6 Å². The Morgan fingerprint density at radius 3 is 2.61 bits per heavy atom. The third kappa shape index (κ3) is 2.25. The molecule has 2 heterocycles. The van der Waals surface area contributed by atoms with E-state index in [0.717, 1.165) is 24.6 Å². The average molecular weight is 268 g/mol. The number of aromatic carboxylic acids is 1. The lowest BCUT2D eigenvalue weighted by molar-refractivity contribution is -0.619. The van der Waals surface area contributed by atoms with Crippen LogP contribution in [0.3, 0.4) is 0 Å². The van der Waals surface area contributed by atoms with Crippen molar-refractivity contribution in [1.82, 2.24) is 0 Å². The largest absolute Gasteiger partial charge is 0.618 e. The molecule has 0 bridgehead atoms. The molecule has 1 fully saturated rings. The summed E-state index contributed by atoms with van der Waals surface area (Å²) >= 11 is 1.86. The number of hydrogen-bond acceptors (Lipinski definition) is 4. The molecule has 6 heteroatoms. The first-order valence-electron chi connectivity index (χ1n) is 5.82. The number of nitrogens with zero attached hydrogens (tertiary/aromatic N) is 2. The van der Waals surface area contributed by atoms with Gasteiger partial charge in [0.25, 0.3) is 0 Å². The Morgan fingerprint density at radius 1 is 1.44 bits per heavy atom. The molecular weight excluding hydrogens is 252 g/mol. The Labute approximate surface area is 110 Å². The molecule has 0 atom stereocenters. The van der Waals surface area contributed by atoms with Gasteiger partial charge in [0, 0.05) is 44.5 Å². The highest BCUT2D eigenvalue weighted by molar-refractivity contribution is 7.99. The quantitative estimate of drug-likeness (QED) is 0.644. The highest BCUT2D eigenvalue weighted by atomic mass is 32.2. The van der Waals surface area contributed by atoms with Crippen LogP contribution in [0, 0.1) is 19.1 Å². The van der Waals surface area contributed by atoms with Gasteiger partial charge >= 0.3 is 5.97 Å². The maximum atomic E-state index is 11.8. The van der Waals surface area contributed by atoms with E-state index >= 15 is 0 Å². The number of thioether (sulfide) groups is 1. The van der Waals surface area contributed by atoms with Crippen molar-refractivity contribution in [3.8, 4) is 0 Å². The third-order valence-electron chi connectivity index (χ3n) is 3.15. The number of aromatic nitrogens is 1. The molecule has 1 aromatic rings. The van der Waals surface area contributed by atoms with E-state index in [9.17, 15) is 15.1 Å². The lowest BCUT2D eigenvalue weighted by Gasteiger charge is -2.29. The zero-order valence-electron chi connectivity index (χ0n) is 10.5. The molecule has 5 nitrogen and oxygen atoms in total. The molecule has 1 aliphatic rings. The summed E-state index contributed by atoms with van der Waals surface area (Å²) in [7, 11) is 0. The van der Waals surface area contributed by atoms with Crippen molar-refractivity contribution in [2.45, 2.75) is 13.8 Å². The van der Waals surface area contributed by atoms with Gasteiger partial charge in [0.1, 0.15) is 0 Å². The fraction of sp³-hybridized carbons (Fsp3) is 0.500. The summed E-state index contributed by atoms with van der Waals surface area (Å²) in [5.74, 6) is 0.942. The molecule has 1 aliphatic heterocycles. The molecule has 0 aromatic carbocycles. The molecule has 1 N–H and O–H groups in total. The molecule has 0 radical (unpaired) electrons. The van der Waals surface area contributed by atoms with Gasteiger partial charge in [-0.05, 0) is 0 Å². The van der Waals surface area contributed by atoms with E-state index in [0.29, 0.717) is 16.1 Å². The van der Waals surface area contributed by atoms with Gasteiger partial charge in [0.2, 0.25) is 5.69 Å². The molecule has 2 rings (SSSR count). The second kappa shape index (κ2) is 5.06. The Morgan fingerprint density at radius 2 is 2.06 bits per heavy atom. The number of anilines is 1. The Hall–Kier alpha value is -1.43. The minimum atomic E-state index is -1.04. The van der Waals surface area contributed by atoms with Crippen LogP contribution in [-0.4, -0.2) is 35.7 Å². The van der Waals surface area contributed by atoms with Crippen LogP contribution >= 0.6 is 11.8 Å². The van der Waals surface area contributed by atoms with Crippen LogP contribution < -0.4 is 9.63 Å². The Bertz CT molecular complexity index is 485. The molecule has 0 unspecified atom stereocenters. The van der Waals surface area contributed by atoms with Gasteiger partial charge in [0.15, 0.2) is 11.3 Å². The molecule has 0 amide bonds. The molecule has 0 aliphatic carbocycles. The average Bonchev–Trinajstić information content (AvgIpc) is 2.36. The molecule has 1 saturated heterocycles. The SMILES string of the molecule is Cc1cc(N2CCSCC2)c(C(=O)O)c(C)[n+]1[O-]. The highest BCUT2D eigenvalue weighted by Crippen LogP contribution is 2.25. The molecular formula is C12H16N2O3S. The van der Waals surface area contributed by atoms with Crippen molar-refractivity contribution in [3.05, 3.63) is 28.2 Å². The van der Waals surface area contributed by atoms with Crippen LogP contribution in [0.4, 0.5) is 5.69 Å². The number of carboxylic acids is 1.